The largest absolute Gasteiger partial charge is 0.312 e. The fourth-order valence-corrected chi connectivity index (χ4v) is 3.50. The molecule has 1 aliphatic heterocycles. The summed E-state index contributed by atoms with van der Waals surface area (Å²) in [4.78, 5) is 0. The van der Waals surface area contributed by atoms with E-state index in [1.807, 2.05) is 0 Å². The van der Waals surface area contributed by atoms with Crippen LogP contribution in [0.2, 0.25) is 0 Å². The fraction of sp³-hybridized carbons (Fsp3) is 1.00. The van der Waals surface area contributed by atoms with Gasteiger partial charge in [-0.1, -0.05) is 12.8 Å². The van der Waals surface area contributed by atoms with Gasteiger partial charge in [0.2, 0.25) is 0 Å². The van der Waals surface area contributed by atoms with Crippen LogP contribution in [0.25, 0.3) is 0 Å². The van der Waals surface area contributed by atoms with Crippen LogP contribution in [0.1, 0.15) is 46.5 Å². The highest BCUT2D eigenvalue weighted by Crippen LogP contribution is 2.18. The van der Waals surface area contributed by atoms with Crippen molar-refractivity contribution in [2.45, 2.75) is 76.7 Å². The van der Waals surface area contributed by atoms with Crippen LogP contribution < -0.4 is 26.6 Å². The number of nitrogens with one attached hydrogen (secondary N) is 5. The minimum absolute atomic E-state index is 0.511. The quantitative estimate of drug-likeness (QED) is 0.449. The molecule has 1 saturated carbocycles. The van der Waals surface area contributed by atoms with Gasteiger partial charge in [0.1, 0.15) is 0 Å². The van der Waals surface area contributed by atoms with Crippen molar-refractivity contribution in [3.63, 3.8) is 0 Å². The van der Waals surface area contributed by atoms with Crippen LogP contribution in [0.15, 0.2) is 0 Å². The molecular formula is C17H37N5. The van der Waals surface area contributed by atoms with Crippen LogP contribution in [0, 0.1) is 0 Å². The van der Waals surface area contributed by atoms with E-state index < -0.39 is 0 Å². The van der Waals surface area contributed by atoms with Crippen molar-refractivity contribution >= 4 is 0 Å². The molecule has 5 N–H and O–H groups in total. The predicted octanol–water partition coefficient (Wildman–Crippen LogP) is 0.425. The Morgan fingerprint density at radius 2 is 1.00 bits per heavy atom. The minimum atomic E-state index is 0.511. The zero-order chi connectivity index (χ0) is 15.8. The van der Waals surface area contributed by atoms with E-state index >= 15 is 0 Å². The molecular weight excluding hydrogens is 274 g/mol. The average Bonchev–Trinajstić information content (AvgIpc) is 2.53. The molecule has 0 spiro atoms. The second kappa shape index (κ2) is 9.83. The summed E-state index contributed by atoms with van der Waals surface area (Å²) in [5.41, 5.74) is 0. The van der Waals surface area contributed by atoms with Crippen LogP contribution in [0.4, 0.5) is 0 Å². The molecule has 0 amide bonds. The molecule has 5 nitrogen and oxygen atoms in total. The van der Waals surface area contributed by atoms with E-state index in [0.717, 1.165) is 32.7 Å². The van der Waals surface area contributed by atoms with Crippen molar-refractivity contribution in [1.29, 1.82) is 0 Å². The summed E-state index contributed by atoms with van der Waals surface area (Å²) < 4.78 is 0. The lowest BCUT2D eigenvalue weighted by atomic mass is 9.90. The van der Waals surface area contributed by atoms with E-state index in [9.17, 15) is 0 Å². The molecule has 130 valence electrons. The lowest BCUT2D eigenvalue weighted by molar-refractivity contribution is 0.277. The second-order valence-corrected chi connectivity index (χ2v) is 7.33. The zero-order valence-corrected chi connectivity index (χ0v) is 14.8. The van der Waals surface area contributed by atoms with Gasteiger partial charge in [-0.25, -0.2) is 0 Å². The van der Waals surface area contributed by atoms with E-state index in [4.69, 9.17) is 0 Å². The number of hydrogen-bond donors (Lipinski definition) is 5. The molecule has 22 heavy (non-hydrogen) atoms. The van der Waals surface area contributed by atoms with E-state index in [2.05, 4.69) is 47.4 Å². The number of rotatable bonds is 0. The first-order chi connectivity index (χ1) is 10.6. The molecule has 0 aromatic rings. The van der Waals surface area contributed by atoms with Gasteiger partial charge in [0.15, 0.2) is 0 Å². The summed E-state index contributed by atoms with van der Waals surface area (Å²) in [6.07, 6.45) is 5.36. The Bertz CT molecular complexity index is 299. The first kappa shape index (κ1) is 18.1. The van der Waals surface area contributed by atoms with Gasteiger partial charge in [-0.2, -0.15) is 0 Å². The topological polar surface area (TPSA) is 60.1 Å². The van der Waals surface area contributed by atoms with Crippen LogP contribution >= 0.6 is 0 Å². The molecule has 0 aromatic heterocycles. The molecule has 2 rings (SSSR count). The van der Waals surface area contributed by atoms with Crippen molar-refractivity contribution < 1.29 is 0 Å². The van der Waals surface area contributed by atoms with E-state index in [1.54, 1.807) is 0 Å². The second-order valence-electron chi connectivity index (χ2n) is 7.33. The van der Waals surface area contributed by atoms with Gasteiger partial charge >= 0.3 is 0 Å². The Labute approximate surface area is 136 Å². The first-order valence-electron chi connectivity index (χ1n) is 9.32. The predicted molar refractivity (Wildman–Crippen MR) is 94.4 cm³/mol. The Hall–Kier alpha value is -0.200. The molecule has 5 heteroatoms. The summed E-state index contributed by atoms with van der Waals surface area (Å²) in [6.45, 7) is 12.0. The highest BCUT2D eigenvalue weighted by atomic mass is 15.1. The third kappa shape index (κ3) is 6.50. The van der Waals surface area contributed by atoms with Gasteiger partial charge in [0, 0.05) is 62.9 Å². The fourth-order valence-electron chi connectivity index (χ4n) is 3.50. The van der Waals surface area contributed by atoms with E-state index in [-0.39, 0.29) is 0 Å². The van der Waals surface area contributed by atoms with Crippen LogP contribution in [0.5, 0.6) is 0 Å². The molecule has 1 heterocycles. The lowest BCUT2D eigenvalue weighted by Gasteiger charge is -2.34. The van der Waals surface area contributed by atoms with Crippen molar-refractivity contribution in [3.8, 4) is 0 Å². The standard InChI is InChI=1S/C17H37N5/c1-13-10-20-14(2)11-21-15(3)12-22-17-7-5-4-6-16(17)19-9-8-18-13/h13-22H,4-12H2,1-3H3/t13-,14+,15-,16?,17?/m0/s1. The summed E-state index contributed by atoms with van der Waals surface area (Å²) in [5.74, 6) is 0. The zero-order valence-electron chi connectivity index (χ0n) is 14.8. The third-order valence-electron chi connectivity index (χ3n) is 5.02. The Balaban J connectivity index is 1.87. The van der Waals surface area contributed by atoms with Crippen LogP contribution in [-0.2, 0) is 0 Å². The maximum Gasteiger partial charge on any atom is 0.0221 e. The molecule has 0 radical (unpaired) electrons. The van der Waals surface area contributed by atoms with E-state index in [0.29, 0.717) is 30.2 Å². The summed E-state index contributed by atoms with van der Waals surface area (Å²) >= 11 is 0. The summed E-state index contributed by atoms with van der Waals surface area (Å²) in [6, 6.07) is 2.83. The number of fused-ring (bicyclic) bond motifs is 1. The minimum Gasteiger partial charge on any atom is -0.312 e. The van der Waals surface area contributed by atoms with Crippen molar-refractivity contribution in [2.24, 2.45) is 0 Å². The highest BCUT2D eigenvalue weighted by molar-refractivity contribution is 4.87. The smallest absolute Gasteiger partial charge is 0.0221 e. The molecule has 1 saturated heterocycles. The molecule has 5 atom stereocenters. The monoisotopic (exact) mass is 311 g/mol. The molecule has 2 fully saturated rings. The summed E-state index contributed by atoms with van der Waals surface area (Å²) in [7, 11) is 0. The molecule has 2 aliphatic rings. The van der Waals surface area contributed by atoms with Gasteiger partial charge < -0.3 is 26.6 Å². The molecule has 0 aromatic carbocycles. The number of hydrogen-bond acceptors (Lipinski definition) is 5. The van der Waals surface area contributed by atoms with Gasteiger partial charge in [0.05, 0.1) is 0 Å². The first-order valence-corrected chi connectivity index (χ1v) is 9.32. The average molecular weight is 312 g/mol. The van der Waals surface area contributed by atoms with Crippen molar-refractivity contribution in [3.05, 3.63) is 0 Å². The highest BCUT2D eigenvalue weighted by Gasteiger charge is 2.24. The Morgan fingerprint density at radius 3 is 1.64 bits per heavy atom. The van der Waals surface area contributed by atoms with Gasteiger partial charge in [-0.3, -0.25) is 0 Å². The normalized spacial score (nSPS) is 40.2. The maximum absolute atomic E-state index is 3.80. The SMILES string of the molecule is C[C@@H]1CN[C@@H](C)CNC2CCCCC2NCCN[C@@H](C)CN1. The third-order valence-corrected chi connectivity index (χ3v) is 5.02. The van der Waals surface area contributed by atoms with Gasteiger partial charge in [-0.05, 0) is 33.6 Å². The van der Waals surface area contributed by atoms with Crippen LogP contribution in [-0.4, -0.2) is 62.9 Å². The Morgan fingerprint density at radius 1 is 0.545 bits per heavy atom. The van der Waals surface area contributed by atoms with E-state index in [1.165, 1.54) is 25.7 Å². The molecule has 1 aliphatic carbocycles. The Kier molecular flexibility index (Phi) is 8.11. The molecule has 0 bridgehead atoms. The van der Waals surface area contributed by atoms with Gasteiger partial charge in [-0.15, -0.1) is 0 Å². The molecule has 2 unspecified atom stereocenters. The lowest BCUT2D eigenvalue weighted by Crippen LogP contribution is -2.53. The summed E-state index contributed by atoms with van der Waals surface area (Å²) in [5, 5.41) is 18.4. The van der Waals surface area contributed by atoms with Crippen molar-refractivity contribution in [1.82, 2.24) is 26.6 Å². The maximum atomic E-state index is 3.80. The van der Waals surface area contributed by atoms with Crippen molar-refractivity contribution in [2.75, 3.05) is 32.7 Å². The van der Waals surface area contributed by atoms with Gasteiger partial charge in [0.25, 0.3) is 0 Å². The van der Waals surface area contributed by atoms with Crippen LogP contribution in [0.3, 0.4) is 0 Å².